The fourth-order valence-corrected chi connectivity index (χ4v) is 3.17. The predicted molar refractivity (Wildman–Crippen MR) is 101 cm³/mol. The minimum atomic E-state index is -0.189. The van der Waals surface area contributed by atoms with Gasteiger partial charge in [0.2, 0.25) is 0 Å². The monoisotopic (exact) mass is 342 g/mol. The number of benzene rings is 2. The van der Waals surface area contributed by atoms with E-state index in [1.54, 1.807) is 17.7 Å². The Bertz CT molecular complexity index is 1360. The molecule has 0 radical (unpaired) electrons. The molecule has 5 aromatic rings. The van der Waals surface area contributed by atoms with Crippen molar-refractivity contribution in [1.29, 1.82) is 0 Å². The van der Waals surface area contributed by atoms with Gasteiger partial charge in [-0.1, -0.05) is 42.5 Å². The maximum atomic E-state index is 12.8. The number of para-hydroxylation sites is 2. The number of rotatable bonds is 2. The summed E-state index contributed by atoms with van der Waals surface area (Å²) in [5.41, 5.74) is 3.40. The van der Waals surface area contributed by atoms with Crippen molar-refractivity contribution in [2.75, 3.05) is 0 Å². The van der Waals surface area contributed by atoms with Gasteiger partial charge >= 0.3 is 5.69 Å². The first-order chi connectivity index (χ1) is 12.7. The molecule has 0 spiro atoms. The SMILES string of the molecule is Cn1c(=O)n2c3ccccc3nc2c2c(/N=C\c3ccccc3)[nH]nc21. The zero-order valence-electron chi connectivity index (χ0n) is 13.9. The molecule has 2 aromatic carbocycles. The van der Waals surface area contributed by atoms with Crippen LogP contribution in [0.4, 0.5) is 5.82 Å². The topological polar surface area (TPSA) is 80.3 Å². The third kappa shape index (κ3) is 2.00. The second-order valence-corrected chi connectivity index (χ2v) is 6.04. The van der Waals surface area contributed by atoms with Crippen LogP contribution in [0.15, 0.2) is 64.4 Å². The first-order valence-electron chi connectivity index (χ1n) is 8.17. The van der Waals surface area contributed by atoms with Gasteiger partial charge in [0.15, 0.2) is 17.1 Å². The highest BCUT2D eigenvalue weighted by atomic mass is 16.1. The number of aromatic nitrogens is 5. The van der Waals surface area contributed by atoms with Crippen molar-refractivity contribution in [3.8, 4) is 0 Å². The predicted octanol–water partition coefficient (Wildman–Crippen LogP) is 2.81. The van der Waals surface area contributed by atoms with Gasteiger partial charge in [-0.2, -0.15) is 5.10 Å². The molecule has 0 amide bonds. The molecule has 0 aliphatic carbocycles. The lowest BCUT2D eigenvalue weighted by molar-refractivity contribution is 0.820. The summed E-state index contributed by atoms with van der Waals surface area (Å²) in [7, 11) is 1.70. The number of hydrogen-bond donors (Lipinski definition) is 1. The molecule has 0 aliphatic rings. The quantitative estimate of drug-likeness (QED) is 0.501. The maximum Gasteiger partial charge on any atom is 0.335 e. The molecule has 0 aliphatic heterocycles. The van der Waals surface area contributed by atoms with Crippen molar-refractivity contribution in [2.24, 2.45) is 12.0 Å². The molecule has 0 saturated carbocycles. The van der Waals surface area contributed by atoms with Gasteiger partial charge in [0, 0.05) is 13.3 Å². The number of imidazole rings is 1. The van der Waals surface area contributed by atoms with E-state index in [-0.39, 0.29) is 5.69 Å². The van der Waals surface area contributed by atoms with Crippen molar-refractivity contribution in [1.82, 2.24) is 24.1 Å². The molecule has 1 N–H and O–H groups in total. The standard InChI is InChI=1S/C19H14N6O/c1-24-18-15(16(22-23-18)20-11-12-7-3-2-4-8-12)17-21-13-9-5-6-10-14(13)25(17)19(24)26/h2-11H,1H3,(H,22,23)/b20-11-. The van der Waals surface area contributed by atoms with Crippen LogP contribution in [0.25, 0.3) is 27.7 Å². The molecule has 126 valence electrons. The van der Waals surface area contributed by atoms with E-state index in [4.69, 9.17) is 0 Å². The molecular formula is C19H14N6O. The lowest BCUT2D eigenvalue weighted by atomic mass is 10.2. The highest BCUT2D eigenvalue weighted by molar-refractivity contribution is 6.02. The molecule has 7 heteroatoms. The summed E-state index contributed by atoms with van der Waals surface area (Å²) in [6.07, 6.45) is 1.76. The molecule has 0 atom stereocenters. The third-order valence-electron chi connectivity index (χ3n) is 4.45. The molecule has 3 heterocycles. The maximum absolute atomic E-state index is 12.8. The zero-order chi connectivity index (χ0) is 17.7. The summed E-state index contributed by atoms with van der Waals surface area (Å²) in [6, 6.07) is 17.4. The van der Waals surface area contributed by atoms with E-state index in [1.807, 2.05) is 54.6 Å². The number of aryl methyl sites for hydroxylation is 1. The first kappa shape index (κ1) is 14.6. The number of aromatic amines is 1. The number of fused-ring (bicyclic) bond motifs is 5. The second kappa shape index (κ2) is 5.38. The minimum absolute atomic E-state index is 0.189. The number of nitrogens with one attached hydrogen (secondary N) is 1. The minimum Gasteiger partial charge on any atom is -0.279 e. The van der Waals surface area contributed by atoms with E-state index in [9.17, 15) is 4.79 Å². The Hall–Kier alpha value is -3.74. The molecular weight excluding hydrogens is 328 g/mol. The van der Waals surface area contributed by atoms with E-state index in [0.717, 1.165) is 22.0 Å². The van der Waals surface area contributed by atoms with Crippen LogP contribution in [-0.2, 0) is 7.05 Å². The Morgan fingerprint density at radius 2 is 1.81 bits per heavy atom. The Morgan fingerprint density at radius 1 is 1.04 bits per heavy atom. The largest absolute Gasteiger partial charge is 0.335 e. The van der Waals surface area contributed by atoms with E-state index in [0.29, 0.717) is 17.1 Å². The smallest absolute Gasteiger partial charge is 0.279 e. The summed E-state index contributed by atoms with van der Waals surface area (Å²) < 4.78 is 3.11. The molecule has 26 heavy (non-hydrogen) atoms. The van der Waals surface area contributed by atoms with Crippen molar-refractivity contribution in [2.45, 2.75) is 0 Å². The molecule has 3 aromatic heterocycles. The van der Waals surface area contributed by atoms with Gasteiger partial charge < -0.3 is 0 Å². The average molecular weight is 342 g/mol. The lowest BCUT2D eigenvalue weighted by Crippen LogP contribution is -2.24. The third-order valence-corrected chi connectivity index (χ3v) is 4.45. The molecule has 5 rings (SSSR count). The van der Waals surface area contributed by atoms with Gasteiger partial charge in [-0.25, -0.2) is 19.2 Å². The van der Waals surface area contributed by atoms with Crippen LogP contribution in [0.1, 0.15) is 5.56 Å². The Morgan fingerprint density at radius 3 is 2.65 bits per heavy atom. The van der Waals surface area contributed by atoms with Crippen molar-refractivity contribution < 1.29 is 0 Å². The van der Waals surface area contributed by atoms with E-state index in [2.05, 4.69) is 20.2 Å². The van der Waals surface area contributed by atoms with E-state index >= 15 is 0 Å². The molecule has 0 saturated heterocycles. The van der Waals surface area contributed by atoms with Gasteiger partial charge in [-0.15, -0.1) is 0 Å². The van der Waals surface area contributed by atoms with Gasteiger partial charge in [-0.05, 0) is 17.7 Å². The van der Waals surface area contributed by atoms with Gasteiger partial charge in [0.25, 0.3) is 0 Å². The van der Waals surface area contributed by atoms with Crippen molar-refractivity contribution in [3.05, 3.63) is 70.6 Å². The summed E-state index contributed by atoms with van der Waals surface area (Å²) in [5.74, 6) is 0.569. The lowest BCUT2D eigenvalue weighted by Gasteiger charge is -2.02. The fraction of sp³-hybridized carbons (Fsp3) is 0.0526. The number of aliphatic imine (C=N–C) groups is 1. The number of hydrogen-bond acceptors (Lipinski definition) is 4. The number of nitrogens with zero attached hydrogens (tertiary/aromatic N) is 5. The van der Waals surface area contributed by atoms with Crippen LogP contribution >= 0.6 is 0 Å². The van der Waals surface area contributed by atoms with Gasteiger partial charge in [-0.3, -0.25) is 9.67 Å². The normalized spacial score (nSPS) is 12.0. The van der Waals surface area contributed by atoms with Crippen molar-refractivity contribution >= 4 is 39.7 Å². The van der Waals surface area contributed by atoms with Gasteiger partial charge in [0.1, 0.15) is 5.39 Å². The van der Waals surface area contributed by atoms with E-state index < -0.39 is 0 Å². The number of H-pyrrole nitrogens is 1. The van der Waals surface area contributed by atoms with Crippen LogP contribution in [0.5, 0.6) is 0 Å². The summed E-state index contributed by atoms with van der Waals surface area (Å²) in [4.78, 5) is 22.0. The average Bonchev–Trinajstić information content (AvgIpc) is 3.27. The Kier molecular flexibility index (Phi) is 3.02. The van der Waals surface area contributed by atoms with Crippen LogP contribution in [0.3, 0.4) is 0 Å². The van der Waals surface area contributed by atoms with E-state index in [1.165, 1.54) is 4.57 Å². The van der Waals surface area contributed by atoms with Crippen LogP contribution in [0.2, 0.25) is 0 Å². The van der Waals surface area contributed by atoms with Crippen molar-refractivity contribution in [3.63, 3.8) is 0 Å². The first-order valence-corrected chi connectivity index (χ1v) is 8.17. The van der Waals surface area contributed by atoms with Crippen LogP contribution < -0.4 is 5.69 Å². The highest BCUT2D eigenvalue weighted by Crippen LogP contribution is 2.28. The fourth-order valence-electron chi connectivity index (χ4n) is 3.17. The van der Waals surface area contributed by atoms with Crippen LogP contribution in [0, 0.1) is 0 Å². The van der Waals surface area contributed by atoms with Gasteiger partial charge in [0.05, 0.1) is 11.0 Å². The molecule has 0 unspecified atom stereocenters. The summed E-state index contributed by atoms with van der Waals surface area (Å²) in [6.45, 7) is 0. The molecule has 0 bridgehead atoms. The molecule has 0 fully saturated rings. The summed E-state index contributed by atoms with van der Waals surface area (Å²) in [5, 5.41) is 7.93. The molecule has 7 nitrogen and oxygen atoms in total. The summed E-state index contributed by atoms with van der Waals surface area (Å²) >= 11 is 0. The second-order valence-electron chi connectivity index (χ2n) is 6.04. The Labute approximate surface area is 147 Å². The van der Waals surface area contributed by atoms with Crippen LogP contribution in [-0.4, -0.2) is 30.4 Å². The zero-order valence-corrected chi connectivity index (χ0v) is 13.9. The Balaban J connectivity index is 1.85. The highest BCUT2D eigenvalue weighted by Gasteiger charge is 2.18.